The van der Waals surface area contributed by atoms with Crippen molar-refractivity contribution in [1.82, 2.24) is 4.98 Å². The summed E-state index contributed by atoms with van der Waals surface area (Å²) in [5.41, 5.74) is 0.246. The summed E-state index contributed by atoms with van der Waals surface area (Å²) in [7, 11) is 0. The largest absolute Gasteiger partial charge is 0.478 e. The third-order valence-corrected chi connectivity index (χ3v) is 1.95. The van der Waals surface area contributed by atoms with Crippen molar-refractivity contribution in [2.45, 2.75) is 19.0 Å². The van der Waals surface area contributed by atoms with Crippen LogP contribution in [0.4, 0.5) is 13.2 Å². The second-order valence-corrected chi connectivity index (χ2v) is 3.58. The molecule has 0 radical (unpaired) electrons. The highest BCUT2D eigenvalue weighted by Crippen LogP contribution is 2.22. The van der Waals surface area contributed by atoms with E-state index in [9.17, 15) is 13.2 Å². The Balaban J connectivity index is 2.47. The predicted octanol–water partition coefficient (Wildman–Crippen LogP) is 3.33. The Bertz CT molecular complexity index is 429. The number of rotatable bonds is 4. The van der Waals surface area contributed by atoms with Crippen molar-refractivity contribution in [3.63, 3.8) is 0 Å². The van der Waals surface area contributed by atoms with Crippen molar-refractivity contribution in [2.24, 2.45) is 0 Å². The van der Waals surface area contributed by atoms with E-state index in [1.54, 1.807) is 0 Å². The molecule has 0 aliphatic carbocycles. The molecule has 1 aromatic heterocycles. The number of alkyl halides is 3. The average molecular weight is 265 g/mol. The van der Waals surface area contributed by atoms with Crippen LogP contribution in [0.3, 0.4) is 0 Å². The zero-order chi connectivity index (χ0) is 12.9. The molecule has 1 aromatic rings. The van der Waals surface area contributed by atoms with Gasteiger partial charge in [-0.1, -0.05) is 11.6 Å². The Kier molecular flexibility index (Phi) is 4.58. The standard InChI is InChI=1S/C10H8ClF3N2O/c11-8-4-7(6-15)5-9(16-8)17-3-1-2-10(12,13)14/h4-5H,1-3H2. The second kappa shape index (κ2) is 5.73. The molecule has 0 atom stereocenters. The Hall–Kier alpha value is -1.48. The molecule has 0 saturated heterocycles. The first-order valence-electron chi connectivity index (χ1n) is 4.68. The van der Waals surface area contributed by atoms with E-state index < -0.39 is 12.6 Å². The first-order valence-corrected chi connectivity index (χ1v) is 5.06. The minimum atomic E-state index is -4.19. The van der Waals surface area contributed by atoms with E-state index in [1.807, 2.05) is 6.07 Å². The minimum Gasteiger partial charge on any atom is -0.478 e. The van der Waals surface area contributed by atoms with Gasteiger partial charge in [-0.15, -0.1) is 0 Å². The summed E-state index contributed by atoms with van der Waals surface area (Å²) < 4.78 is 40.5. The lowest BCUT2D eigenvalue weighted by atomic mass is 10.3. The quantitative estimate of drug-likeness (QED) is 0.619. The van der Waals surface area contributed by atoms with Crippen LogP contribution in [0.2, 0.25) is 5.15 Å². The minimum absolute atomic E-state index is 0.0521. The molecular formula is C10H8ClF3N2O. The molecule has 1 rings (SSSR count). The van der Waals surface area contributed by atoms with Gasteiger partial charge < -0.3 is 4.74 Å². The topological polar surface area (TPSA) is 45.9 Å². The van der Waals surface area contributed by atoms with Crippen LogP contribution in [0.15, 0.2) is 12.1 Å². The van der Waals surface area contributed by atoms with Gasteiger partial charge in [-0.2, -0.15) is 18.4 Å². The van der Waals surface area contributed by atoms with Crippen molar-refractivity contribution >= 4 is 11.6 Å². The fourth-order valence-electron chi connectivity index (χ4n) is 1.06. The zero-order valence-corrected chi connectivity index (χ0v) is 9.35. The van der Waals surface area contributed by atoms with E-state index >= 15 is 0 Å². The highest BCUT2D eigenvalue weighted by Gasteiger charge is 2.26. The molecule has 7 heteroatoms. The number of aromatic nitrogens is 1. The summed E-state index contributed by atoms with van der Waals surface area (Å²) in [5, 5.41) is 8.69. The van der Waals surface area contributed by atoms with Crippen molar-refractivity contribution in [1.29, 1.82) is 5.26 Å². The average Bonchev–Trinajstić information content (AvgIpc) is 2.22. The lowest BCUT2D eigenvalue weighted by Crippen LogP contribution is -2.10. The molecule has 0 N–H and O–H groups in total. The molecule has 1 heterocycles. The van der Waals surface area contributed by atoms with Gasteiger partial charge in [0.1, 0.15) is 5.15 Å². The zero-order valence-electron chi connectivity index (χ0n) is 8.59. The van der Waals surface area contributed by atoms with E-state index in [-0.39, 0.29) is 29.6 Å². The first-order chi connectivity index (χ1) is 7.90. The molecule has 0 aliphatic heterocycles. The summed E-state index contributed by atoms with van der Waals surface area (Å²) in [6, 6.07) is 4.49. The SMILES string of the molecule is N#Cc1cc(Cl)nc(OCCCC(F)(F)F)c1. The van der Waals surface area contributed by atoms with Gasteiger partial charge >= 0.3 is 6.18 Å². The van der Waals surface area contributed by atoms with Crippen LogP contribution in [-0.2, 0) is 0 Å². The highest BCUT2D eigenvalue weighted by molar-refractivity contribution is 6.29. The lowest BCUT2D eigenvalue weighted by Gasteiger charge is -2.07. The van der Waals surface area contributed by atoms with Gasteiger partial charge in [0.05, 0.1) is 18.2 Å². The second-order valence-electron chi connectivity index (χ2n) is 3.20. The van der Waals surface area contributed by atoms with E-state index in [4.69, 9.17) is 21.6 Å². The van der Waals surface area contributed by atoms with Crippen molar-refractivity contribution in [3.8, 4) is 11.9 Å². The number of hydrogen-bond acceptors (Lipinski definition) is 3. The highest BCUT2D eigenvalue weighted by atomic mass is 35.5. The van der Waals surface area contributed by atoms with Crippen LogP contribution < -0.4 is 4.74 Å². The summed E-state index contributed by atoms with van der Waals surface area (Å²) >= 11 is 5.59. The normalized spacial score (nSPS) is 11.0. The van der Waals surface area contributed by atoms with E-state index in [0.29, 0.717) is 0 Å². The molecular weight excluding hydrogens is 257 g/mol. The van der Waals surface area contributed by atoms with Crippen molar-refractivity contribution in [2.75, 3.05) is 6.61 Å². The number of ether oxygens (including phenoxy) is 1. The van der Waals surface area contributed by atoms with Crippen LogP contribution in [-0.4, -0.2) is 17.8 Å². The summed E-state index contributed by atoms with van der Waals surface area (Å²) in [5.74, 6) is 0.0521. The Labute approximate surface area is 101 Å². The maximum absolute atomic E-state index is 11.8. The molecule has 0 amide bonds. The van der Waals surface area contributed by atoms with Crippen LogP contribution >= 0.6 is 11.6 Å². The van der Waals surface area contributed by atoms with Crippen LogP contribution in [0.5, 0.6) is 5.88 Å². The van der Waals surface area contributed by atoms with Crippen molar-refractivity contribution in [3.05, 3.63) is 22.8 Å². The van der Waals surface area contributed by atoms with E-state index in [2.05, 4.69) is 4.98 Å². The lowest BCUT2D eigenvalue weighted by molar-refractivity contribution is -0.136. The molecule has 0 bridgehead atoms. The monoisotopic (exact) mass is 264 g/mol. The van der Waals surface area contributed by atoms with E-state index in [0.717, 1.165) is 0 Å². The third-order valence-electron chi connectivity index (χ3n) is 1.75. The number of halogens is 4. The summed E-state index contributed by atoms with van der Waals surface area (Å²) in [4.78, 5) is 3.73. The Morgan fingerprint density at radius 1 is 1.41 bits per heavy atom. The number of pyridine rings is 1. The fourth-order valence-corrected chi connectivity index (χ4v) is 1.26. The van der Waals surface area contributed by atoms with Gasteiger partial charge in [-0.3, -0.25) is 0 Å². The summed E-state index contributed by atoms with van der Waals surface area (Å²) in [6.07, 6.45) is -5.28. The Morgan fingerprint density at radius 3 is 2.71 bits per heavy atom. The molecule has 17 heavy (non-hydrogen) atoms. The van der Waals surface area contributed by atoms with Gasteiger partial charge in [0.15, 0.2) is 0 Å². The maximum Gasteiger partial charge on any atom is 0.389 e. The van der Waals surface area contributed by atoms with Crippen LogP contribution in [0.25, 0.3) is 0 Å². The Morgan fingerprint density at radius 2 is 2.12 bits per heavy atom. The number of hydrogen-bond donors (Lipinski definition) is 0. The van der Waals surface area contributed by atoms with Crippen LogP contribution in [0, 0.1) is 11.3 Å². The predicted molar refractivity (Wildman–Crippen MR) is 54.7 cm³/mol. The van der Waals surface area contributed by atoms with Gasteiger partial charge in [0.2, 0.25) is 5.88 Å². The van der Waals surface area contributed by atoms with Gasteiger partial charge in [0.25, 0.3) is 0 Å². The molecule has 0 saturated carbocycles. The number of nitriles is 1. The summed E-state index contributed by atoms with van der Waals surface area (Å²) in [6.45, 7) is -0.127. The molecule has 0 spiro atoms. The molecule has 0 aliphatic rings. The van der Waals surface area contributed by atoms with Gasteiger partial charge in [-0.05, 0) is 12.5 Å². The van der Waals surface area contributed by atoms with E-state index in [1.165, 1.54) is 12.1 Å². The molecule has 3 nitrogen and oxygen atoms in total. The van der Waals surface area contributed by atoms with Gasteiger partial charge in [0, 0.05) is 12.5 Å². The molecule has 0 aromatic carbocycles. The third kappa shape index (κ3) is 5.41. The smallest absolute Gasteiger partial charge is 0.389 e. The van der Waals surface area contributed by atoms with Crippen molar-refractivity contribution < 1.29 is 17.9 Å². The molecule has 0 unspecified atom stereocenters. The first kappa shape index (κ1) is 13.6. The van der Waals surface area contributed by atoms with Gasteiger partial charge in [-0.25, -0.2) is 4.98 Å². The van der Waals surface area contributed by atoms with Crippen LogP contribution in [0.1, 0.15) is 18.4 Å². The number of nitrogens with zero attached hydrogens (tertiary/aromatic N) is 2. The maximum atomic E-state index is 11.8. The fraction of sp³-hybridized carbons (Fsp3) is 0.400. The molecule has 0 fully saturated rings. The molecule has 92 valence electrons.